The fourth-order valence-corrected chi connectivity index (χ4v) is 3.37. The molecule has 2 aromatic carbocycles. The monoisotopic (exact) mass is 359 g/mol. The van der Waals surface area contributed by atoms with Crippen molar-refractivity contribution in [3.05, 3.63) is 89.7 Å². The van der Waals surface area contributed by atoms with E-state index in [1.54, 1.807) is 0 Å². The van der Waals surface area contributed by atoms with Gasteiger partial charge in [-0.3, -0.25) is 4.79 Å². The average Bonchev–Trinajstić information content (AvgIpc) is 3.18. The third-order valence-corrected chi connectivity index (χ3v) is 4.87. The van der Waals surface area contributed by atoms with E-state index in [0.29, 0.717) is 6.42 Å². The number of hydrazone groups is 1. The summed E-state index contributed by atoms with van der Waals surface area (Å²) in [5.74, 6) is 0.0588. The summed E-state index contributed by atoms with van der Waals surface area (Å²) in [6, 6.07) is 19.6. The van der Waals surface area contributed by atoms with Crippen molar-refractivity contribution in [2.24, 2.45) is 11.0 Å². The molecule has 1 amide bonds. The normalized spacial score (nSPS) is 17.9. The molecule has 0 saturated carbocycles. The zero-order valence-corrected chi connectivity index (χ0v) is 15.0. The Labute approximate surface area is 158 Å². The van der Waals surface area contributed by atoms with Gasteiger partial charge in [0.05, 0.1) is 5.71 Å². The van der Waals surface area contributed by atoms with E-state index < -0.39 is 6.10 Å². The Morgan fingerprint density at radius 1 is 1.07 bits per heavy atom. The topological polar surface area (TPSA) is 66.6 Å². The van der Waals surface area contributed by atoms with Crippen LogP contribution in [-0.2, 0) is 4.79 Å². The molecule has 4 rings (SSSR count). The summed E-state index contributed by atoms with van der Waals surface area (Å²) >= 11 is 0. The number of carbonyl (C=O) groups is 1. The largest absolute Gasteiger partial charge is 0.384 e. The zero-order valence-electron chi connectivity index (χ0n) is 15.0. The minimum absolute atomic E-state index is 0.0419. The number of aliphatic hydroxyl groups is 1. The standard InChI is InChI=1S/C22H21N3O2/c1-15-13-20(26)23-24-21(15)16-7-9-19(10-8-16)25-12-11-18(14-25)22(27)17-5-3-2-4-6-17/h2-12,14-15,22,27H,13H2,1H3,(H,23,26). The highest BCUT2D eigenvalue weighted by atomic mass is 16.3. The van der Waals surface area contributed by atoms with Crippen LogP contribution in [0.5, 0.6) is 0 Å². The van der Waals surface area contributed by atoms with Gasteiger partial charge in [0.25, 0.3) is 0 Å². The first-order valence-corrected chi connectivity index (χ1v) is 9.00. The van der Waals surface area contributed by atoms with Crippen molar-refractivity contribution >= 4 is 11.6 Å². The second-order valence-electron chi connectivity index (χ2n) is 6.85. The molecule has 27 heavy (non-hydrogen) atoms. The van der Waals surface area contributed by atoms with Gasteiger partial charge in [0.15, 0.2) is 0 Å². The lowest BCUT2D eigenvalue weighted by molar-refractivity contribution is -0.121. The van der Waals surface area contributed by atoms with Crippen LogP contribution in [0.4, 0.5) is 0 Å². The Hall–Kier alpha value is -3.18. The van der Waals surface area contributed by atoms with Crippen LogP contribution < -0.4 is 5.43 Å². The summed E-state index contributed by atoms with van der Waals surface area (Å²) in [6.07, 6.45) is 3.69. The fourth-order valence-electron chi connectivity index (χ4n) is 3.37. The van der Waals surface area contributed by atoms with Crippen LogP contribution in [0.15, 0.2) is 78.2 Å². The van der Waals surface area contributed by atoms with Crippen molar-refractivity contribution in [3.63, 3.8) is 0 Å². The summed E-state index contributed by atoms with van der Waals surface area (Å²) in [7, 11) is 0. The van der Waals surface area contributed by atoms with Gasteiger partial charge in [-0.25, -0.2) is 5.43 Å². The van der Waals surface area contributed by atoms with Crippen molar-refractivity contribution in [2.75, 3.05) is 0 Å². The molecule has 0 saturated heterocycles. The Morgan fingerprint density at radius 3 is 2.52 bits per heavy atom. The van der Waals surface area contributed by atoms with E-state index in [1.807, 2.05) is 84.5 Å². The lowest BCUT2D eigenvalue weighted by Crippen LogP contribution is -2.31. The maximum Gasteiger partial charge on any atom is 0.240 e. The summed E-state index contributed by atoms with van der Waals surface area (Å²) < 4.78 is 1.99. The van der Waals surface area contributed by atoms with Gasteiger partial charge in [-0.1, -0.05) is 49.4 Å². The minimum atomic E-state index is -0.646. The summed E-state index contributed by atoms with van der Waals surface area (Å²) in [6.45, 7) is 2.01. The maximum absolute atomic E-state index is 11.4. The molecule has 0 bridgehead atoms. The second-order valence-corrected chi connectivity index (χ2v) is 6.85. The minimum Gasteiger partial charge on any atom is -0.384 e. The van der Waals surface area contributed by atoms with E-state index in [4.69, 9.17) is 0 Å². The SMILES string of the molecule is CC1CC(=O)NN=C1c1ccc(-n2ccc(C(O)c3ccccc3)c2)cc1. The van der Waals surface area contributed by atoms with E-state index in [9.17, 15) is 9.90 Å². The highest BCUT2D eigenvalue weighted by Crippen LogP contribution is 2.24. The quantitative estimate of drug-likeness (QED) is 0.750. The van der Waals surface area contributed by atoms with Crippen molar-refractivity contribution in [1.29, 1.82) is 0 Å². The van der Waals surface area contributed by atoms with Gasteiger partial charge in [-0.15, -0.1) is 0 Å². The molecule has 1 aliphatic rings. The molecule has 2 N–H and O–H groups in total. The third kappa shape index (κ3) is 3.55. The predicted molar refractivity (Wildman–Crippen MR) is 105 cm³/mol. The highest BCUT2D eigenvalue weighted by Gasteiger charge is 2.21. The molecule has 0 fully saturated rings. The molecule has 2 unspecified atom stereocenters. The lowest BCUT2D eigenvalue weighted by Gasteiger charge is -2.19. The van der Waals surface area contributed by atoms with E-state index >= 15 is 0 Å². The maximum atomic E-state index is 11.4. The molecular weight excluding hydrogens is 338 g/mol. The molecule has 0 spiro atoms. The first-order chi connectivity index (χ1) is 13.1. The van der Waals surface area contributed by atoms with Crippen LogP contribution in [0.1, 0.15) is 36.1 Å². The number of nitrogens with zero attached hydrogens (tertiary/aromatic N) is 2. The Kier molecular flexibility index (Phi) is 4.60. The molecule has 1 aliphatic heterocycles. The number of aromatic nitrogens is 1. The van der Waals surface area contributed by atoms with Gasteiger partial charge in [-0.2, -0.15) is 5.10 Å². The first kappa shape index (κ1) is 17.2. The first-order valence-electron chi connectivity index (χ1n) is 9.00. The van der Waals surface area contributed by atoms with Gasteiger partial charge in [0.2, 0.25) is 5.91 Å². The molecule has 5 heteroatoms. The van der Waals surface area contributed by atoms with Crippen LogP contribution in [0.25, 0.3) is 5.69 Å². The molecule has 2 atom stereocenters. The summed E-state index contributed by atoms with van der Waals surface area (Å²) in [5.41, 5.74) is 7.17. The van der Waals surface area contributed by atoms with Crippen molar-refractivity contribution in [3.8, 4) is 5.69 Å². The van der Waals surface area contributed by atoms with Gasteiger partial charge < -0.3 is 9.67 Å². The smallest absolute Gasteiger partial charge is 0.240 e. The second kappa shape index (κ2) is 7.21. The van der Waals surface area contributed by atoms with E-state index in [0.717, 1.165) is 28.1 Å². The van der Waals surface area contributed by atoms with Crippen LogP contribution in [-0.4, -0.2) is 21.3 Å². The molecule has 0 aliphatic carbocycles. The fraction of sp³-hybridized carbons (Fsp3) is 0.182. The lowest BCUT2D eigenvalue weighted by atomic mass is 9.94. The Morgan fingerprint density at radius 2 is 1.81 bits per heavy atom. The van der Waals surface area contributed by atoms with Crippen LogP contribution in [0.3, 0.4) is 0 Å². The molecule has 2 heterocycles. The Bertz CT molecular complexity index is 974. The third-order valence-electron chi connectivity index (χ3n) is 4.87. The molecule has 1 aromatic heterocycles. The number of carbonyl (C=O) groups excluding carboxylic acids is 1. The number of nitrogens with one attached hydrogen (secondary N) is 1. The summed E-state index contributed by atoms with van der Waals surface area (Å²) in [5, 5.41) is 14.8. The van der Waals surface area contributed by atoms with E-state index in [1.165, 1.54) is 0 Å². The van der Waals surface area contributed by atoms with Gasteiger partial charge >= 0.3 is 0 Å². The van der Waals surface area contributed by atoms with Gasteiger partial charge in [0, 0.05) is 36.0 Å². The Balaban J connectivity index is 1.55. The van der Waals surface area contributed by atoms with Crippen molar-refractivity contribution in [1.82, 2.24) is 9.99 Å². The van der Waals surface area contributed by atoms with Crippen LogP contribution in [0.2, 0.25) is 0 Å². The molecule has 0 radical (unpaired) electrons. The molecular formula is C22H21N3O2. The average molecular weight is 359 g/mol. The molecule has 3 aromatic rings. The summed E-state index contributed by atoms with van der Waals surface area (Å²) in [4.78, 5) is 11.4. The zero-order chi connectivity index (χ0) is 18.8. The number of benzene rings is 2. The number of hydrogen-bond donors (Lipinski definition) is 2. The van der Waals surface area contributed by atoms with Crippen molar-refractivity contribution < 1.29 is 9.90 Å². The molecule has 5 nitrogen and oxygen atoms in total. The number of rotatable bonds is 4. The van der Waals surface area contributed by atoms with E-state index in [-0.39, 0.29) is 11.8 Å². The van der Waals surface area contributed by atoms with Crippen LogP contribution in [0, 0.1) is 5.92 Å². The predicted octanol–water partition coefficient (Wildman–Crippen LogP) is 3.42. The number of aliphatic hydroxyl groups excluding tert-OH is 1. The van der Waals surface area contributed by atoms with Crippen molar-refractivity contribution in [2.45, 2.75) is 19.4 Å². The van der Waals surface area contributed by atoms with E-state index in [2.05, 4.69) is 10.5 Å². The molecule has 136 valence electrons. The number of amides is 1. The van der Waals surface area contributed by atoms with Gasteiger partial charge in [0.1, 0.15) is 6.10 Å². The highest BCUT2D eigenvalue weighted by molar-refractivity contribution is 6.05. The van der Waals surface area contributed by atoms with Crippen LogP contribution >= 0.6 is 0 Å². The number of hydrogen-bond acceptors (Lipinski definition) is 3. The van der Waals surface area contributed by atoms with Gasteiger partial charge in [-0.05, 0) is 29.3 Å².